The maximum absolute atomic E-state index is 4.18. The van der Waals surface area contributed by atoms with Gasteiger partial charge in [-0.1, -0.05) is 0 Å². The van der Waals surface area contributed by atoms with Gasteiger partial charge in [-0.3, -0.25) is 0 Å². The molecule has 0 spiro atoms. The Labute approximate surface area is 72.2 Å². The molecule has 1 aliphatic heterocycles. The maximum Gasteiger partial charge on any atom is 0.128 e. The Bertz CT molecular complexity index is 231. The van der Waals surface area contributed by atoms with Crippen molar-refractivity contribution in [1.29, 1.82) is 0 Å². The average molecular weight is 163 g/mol. The number of hydrogen-bond acceptors (Lipinski definition) is 3. The number of aromatic nitrogens is 2. The van der Waals surface area contributed by atoms with Crippen molar-refractivity contribution >= 4 is 0 Å². The smallest absolute Gasteiger partial charge is 0.128 e. The Hall–Kier alpha value is -0.960. The zero-order valence-corrected chi connectivity index (χ0v) is 7.03. The van der Waals surface area contributed by atoms with Gasteiger partial charge < -0.3 is 5.32 Å². The molecule has 1 aliphatic rings. The van der Waals surface area contributed by atoms with Crippen LogP contribution in [0.15, 0.2) is 18.5 Å². The molecule has 1 N–H and O–H groups in total. The minimum absolute atomic E-state index is 0.855. The van der Waals surface area contributed by atoms with Crippen LogP contribution in [0.2, 0.25) is 0 Å². The van der Waals surface area contributed by atoms with E-state index in [0.29, 0.717) is 0 Å². The van der Waals surface area contributed by atoms with Crippen LogP contribution in [0.1, 0.15) is 12.2 Å². The van der Waals surface area contributed by atoms with Crippen molar-refractivity contribution in [2.24, 2.45) is 5.92 Å². The first-order chi connectivity index (χ1) is 5.95. The Morgan fingerprint density at radius 2 is 2.08 bits per heavy atom. The summed E-state index contributed by atoms with van der Waals surface area (Å²) in [4.78, 5) is 8.36. The Balaban J connectivity index is 1.79. The molecule has 1 saturated heterocycles. The van der Waals surface area contributed by atoms with E-state index in [2.05, 4.69) is 15.3 Å². The molecule has 0 aliphatic carbocycles. The van der Waals surface area contributed by atoms with Gasteiger partial charge in [0.05, 0.1) is 0 Å². The van der Waals surface area contributed by atoms with Crippen LogP contribution in [0.4, 0.5) is 0 Å². The van der Waals surface area contributed by atoms with Gasteiger partial charge in [0, 0.05) is 18.8 Å². The van der Waals surface area contributed by atoms with Gasteiger partial charge >= 0.3 is 0 Å². The molecule has 0 radical (unpaired) electrons. The van der Waals surface area contributed by atoms with Gasteiger partial charge in [-0.15, -0.1) is 0 Å². The third-order valence-corrected chi connectivity index (χ3v) is 2.26. The molecule has 2 rings (SSSR count). The third-order valence-electron chi connectivity index (χ3n) is 2.26. The van der Waals surface area contributed by atoms with Crippen molar-refractivity contribution < 1.29 is 0 Å². The van der Waals surface area contributed by atoms with Crippen LogP contribution in [-0.2, 0) is 6.42 Å². The van der Waals surface area contributed by atoms with Gasteiger partial charge in [0.15, 0.2) is 0 Å². The van der Waals surface area contributed by atoms with Crippen molar-refractivity contribution in [2.75, 3.05) is 13.1 Å². The normalized spacial score (nSPS) is 17.3. The summed E-state index contributed by atoms with van der Waals surface area (Å²) < 4.78 is 0. The molecular weight excluding hydrogens is 150 g/mol. The van der Waals surface area contributed by atoms with Gasteiger partial charge in [0.25, 0.3) is 0 Å². The van der Waals surface area contributed by atoms with Gasteiger partial charge in [0.1, 0.15) is 5.82 Å². The highest BCUT2D eigenvalue weighted by atomic mass is 14.9. The second kappa shape index (κ2) is 3.63. The summed E-state index contributed by atoms with van der Waals surface area (Å²) in [6.45, 7) is 2.35. The minimum Gasteiger partial charge on any atom is -0.316 e. The molecule has 2 heterocycles. The van der Waals surface area contributed by atoms with E-state index in [0.717, 1.165) is 18.2 Å². The number of aryl methyl sites for hydroxylation is 1. The lowest BCUT2D eigenvalue weighted by Crippen LogP contribution is -2.42. The maximum atomic E-state index is 4.18. The monoisotopic (exact) mass is 163 g/mol. The number of nitrogens with one attached hydrogen (secondary N) is 1. The lowest BCUT2D eigenvalue weighted by Gasteiger charge is -2.26. The summed E-state index contributed by atoms with van der Waals surface area (Å²) in [7, 11) is 0. The Morgan fingerprint density at radius 1 is 1.33 bits per heavy atom. The largest absolute Gasteiger partial charge is 0.316 e. The van der Waals surface area contributed by atoms with Gasteiger partial charge in [-0.25, -0.2) is 9.97 Å². The zero-order valence-electron chi connectivity index (χ0n) is 7.03. The van der Waals surface area contributed by atoms with Crippen molar-refractivity contribution in [2.45, 2.75) is 12.8 Å². The first kappa shape index (κ1) is 7.68. The van der Waals surface area contributed by atoms with E-state index >= 15 is 0 Å². The lowest BCUT2D eigenvalue weighted by molar-refractivity contribution is 0.326. The summed E-state index contributed by atoms with van der Waals surface area (Å²) in [5.41, 5.74) is 0. The van der Waals surface area contributed by atoms with Crippen molar-refractivity contribution in [3.05, 3.63) is 24.3 Å². The molecule has 12 heavy (non-hydrogen) atoms. The van der Waals surface area contributed by atoms with E-state index in [4.69, 9.17) is 0 Å². The highest BCUT2D eigenvalue weighted by molar-refractivity contribution is 4.90. The molecule has 0 unspecified atom stereocenters. The molecule has 0 saturated carbocycles. The van der Waals surface area contributed by atoms with E-state index in [1.807, 2.05) is 6.07 Å². The van der Waals surface area contributed by atoms with Crippen LogP contribution in [0.3, 0.4) is 0 Å². The molecule has 0 bridgehead atoms. The topological polar surface area (TPSA) is 37.8 Å². The SMILES string of the molecule is c1cnc(CCC2CNC2)nc1. The predicted molar refractivity (Wildman–Crippen MR) is 46.7 cm³/mol. The second-order valence-corrected chi connectivity index (χ2v) is 3.23. The molecule has 1 fully saturated rings. The summed E-state index contributed by atoms with van der Waals surface area (Å²) in [6, 6.07) is 1.86. The molecule has 0 aromatic carbocycles. The summed E-state index contributed by atoms with van der Waals surface area (Å²) in [5.74, 6) is 1.83. The average Bonchev–Trinajstić information content (AvgIpc) is 2.04. The number of hydrogen-bond donors (Lipinski definition) is 1. The lowest BCUT2D eigenvalue weighted by atomic mass is 9.97. The minimum atomic E-state index is 0.855. The van der Waals surface area contributed by atoms with E-state index in [1.54, 1.807) is 12.4 Å². The zero-order chi connectivity index (χ0) is 8.23. The van der Waals surface area contributed by atoms with Crippen LogP contribution >= 0.6 is 0 Å². The Kier molecular flexibility index (Phi) is 2.32. The fraction of sp³-hybridized carbons (Fsp3) is 0.556. The summed E-state index contributed by atoms with van der Waals surface area (Å²) in [6.07, 6.45) is 5.85. The van der Waals surface area contributed by atoms with E-state index < -0.39 is 0 Å². The van der Waals surface area contributed by atoms with Crippen LogP contribution in [0.5, 0.6) is 0 Å². The fourth-order valence-electron chi connectivity index (χ4n) is 1.34. The van der Waals surface area contributed by atoms with Gasteiger partial charge in [-0.2, -0.15) is 0 Å². The van der Waals surface area contributed by atoms with Crippen LogP contribution in [0, 0.1) is 5.92 Å². The second-order valence-electron chi connectivity index (χ2n) is 3.23. The number of rotatable bonds is 3. The van der Waals surface area contributed by atoms with Gasteiger partial charge in [-0.05, 0) is 31.5 Å². The quantitative estimate of drug-likeness (QED) is 0.710. The molecule has 0 atom stereocenters. The molecule has 3 heteroatoms. The number of nitrogens with zero attached hydrogens (tertiary/aromatic N) is 2. The summed E-state index contributed by atoms with van der Waals surface area (Å²) in [5, 5.41) is 3.26. The molecule has 1 aromatic heterocycles. The highest BCUT2D eigenvalue weighted by Crippen LogP contribution is 2.10. The van der Waals surface area contributed by atoms with Gasteiger partial charge in [0.2, 0.25) is 0 Å². The highest BCUT2D eigenvalue weighted by Gasteiger charge is 2.16. The van der Waals surface area contributed by atoms with Crippen LogP contribution in [0.25, 0.3) is 0 Å². The van der Waals surface area contributed by atoms with Crippen LogP contribution < -0.4 is 5.32 Å². The van der Waals surface area contributed by atoms with Crippen LogP contribution in [-0.4, -0.2) is 23.1 Å². The van der Waals surface area contributed by atoms with Crippen molar-refractivity contribution in [3.8, 4) is 0 Å². The first-order valence-corrected chi connectivity index (χ1v) is 4.42. The molecule has 64 valence electrons. The fourth-order valence-corrected chi connectivity index (χ4v) is 1.34. The van der Waals surface area contributed by atoms with E-state index in [-0.39, 0.29) is 0 Å². The summed E-state index contributed by atoms with van der Waals surface area (Å²) >= 11 is 0. The predicted octanol–water partition coefficient (Wildman–Crippen LogP) is 0.629. The molecule has 0 amide bonds. The Morgan fingerprint density at radius 3 is 2.67 bits per heavy atom. The molecular formula is C9H13N3. The van der Waals surface area contributed by atoms with E-state index in [1.165, 1.54) is 19.5 Å². The first-order valence-electron chi connectivity index (χ1n) is 4.42. The van der Waals surface area contributed by atoms with Crippen molar-refractivity contribution in [1.82, 2.24) is 15.3 Å². The van der Waals surface area contributed by atoms with Crippen molar-refractivity contribution in [3.63, 3.8) is 0 Å². The standard InChI is InChI=1S/C9H13N3/c1-4-11-9(12-5-1)3-2-8-6-10-7-8/h1,4-5,8,10H,2-3,6-7H2. The van der Waals surface area contributed by atoms with E-state index in [9.17, 15) is 0 Å². The third kappa shape index (κ3) is 1.80. The molecule has 1 aromatic rings. The molecule has 3 nitrogen and oxygen atoms in total.